The van der Waals surface area contributed by atoms with Crippen LogP contribution < -0.4 is 14.2 Å². The molecular formula is C24H34O5. The van der Waals surface area contributed by atoms with Crippen molar-refractivity contribution in [2.24, 2.45) is 0 Å². The van der Waals surface area contributed by atoms with Gasteiger partial charge >= 0.3 is 0 Å². The average molecular weight is 403 g/mol. The van der Waals surface area contributed by atoms with Crippen LogP contribution in [0.5, 0.6) is 23.0 Å². The van der Waals surface area contributed by atoms with Gasteiger partial charge in [0, 0.05) is 13.2 Å². The van der Waals surface area contributed by atoms with Gasteiger partial charge in [0.25, 0.3) is 0 Å². The molecule has 5 nitrogen and oxygen atoms in total. The summed E-state index contributed by atoms with van der Waals surface area (Å²) in [6, 6.07) is 15.3. The van der Waals surface area contributed by atoms with E-state index in [1.54, 1.807) is 0 Å². The van der Waals surface area contributed by atoms with E-state index in [2.05, 4.69) is 0 Å². The molecule has 0 aliphatic rings. The summed E-state index contributed by atoms with van der Waals surface area (Å²) in [5.41, 5.74) is 0. The van der Waals surface area contributed by atoms with Gasteiger partial charge in [-0.25, -0.2) is 0 Å². The van der Waals surface area contributed by atoms with Crippen molar-refractivity contribution < 1.29 is 24.4 Å². The first-order valence-electron chi connectivity index (χ1n) is 10.7. The molecule has 0 aliphatic carbocycles. The third kappa shape index (κ3) is 10.2. The van der Waals surface area contributed by atoms with Crippen LogP contribution >= 0.6 is 0 Å². The van der Waals surface area contributed by atoms with Gasteiger partial charge in [0.05, 0.1) is 13.2 Å². The minimum absolute atomic E-state index is 0.268. The Labute approximate surface area is 174 Å². The van der Waals surface area contributed by atoms with Crippen LogP contribution in [0.3, 0.4) is 0 Å². The number of unbranched alkanes of at least 4 members (excludes halogenated alkanes) is 6. The molecule has 0 spiro atoms. The van der Waals surface area contributed by atoms with E-state index in [4.69, 9.17) is 24.4 Å². The van der Waals surface area contributed by atoms with Crippen molar-refractivity contribution in [3.8, 4) is 23.0 Å². The molecule has 0 aliphatic heterocycles. The molecule has 2 aromatic rings. The molecule has 0 heterocycles. The van der Waals surface area contributed by atoms with E-state index in [1.807, 2.05) is 48.5 Å². The van der Waals surface area contributed by atoms with E-state index in [9.17, 15) is 0 Å². The van der Waals surface area contributed by atoms with Gasteiger partial charge in [0.2, 0.25) is 0 Å². The van der Waals surface area contributed by atoms with Gasteiger partial charge in [-0.2, -0.15) is 0 Å². The van der Waals surface area contributed by atoms with Crippen molar-refractivity contribution in [1.82, 2.24) is 0 Å². The van der Waals surface area contributed by atoms with Gasteiger partial charge in [0.1, 0.15) is 23.0 Å². The van der Waals surface area contributed by atoms with Gasteiger partial charge in [-0.15, -0.1) is 0 Å². The van der Waals surface area contributed by atoms with Crippen molar-refractivity contribution in [1.29, 1.82) is 0 Å². The predicted octanol–water partition coefficient (Wildman–Crippen LogP) is 5.34. The fourth-order valence-electron chi connectivity index (χ4n) is 2.86. The zero-order valence-electron chi connectivity index (χ0n) is 17.2. The second-order valence-electron chi connectivity index (χ2n) is 7.02. The molecule has 2 aromatic carbocycles. The monoisotopic (exact) mass is 402 g/mol. The van der Waals surface area contributed by atoms with Gasteiger partial charge in [-0.1, -0.05) is 12.8 Å². The molecule has 0 atom stereocenters. The highest BCUT2D eigenvalue weighted by Crippen LogP contribution is 2.26. The van der Waals surface area contributed by atoms with E-state index in [0.29, 0.717) is 13.2 Å². The van der Waals surface area contributed by atoms with Crippen LogP contribution in [-0.4, -0.2) is 36.6 Å². The van der Waals surface area contributed by atoms with E-state index in [1.165, 1.54) is 0 Å². The predicted molar refractivity (Wildman–Crippen MR) is 115 cm³/mol. The Hall–Kier alpha value is -2.24. The lowest BCUT2D eigenvalue weighted by atomic mass is 10.2. The molecule has 2 N–H and O–H groups in total. The van der Waals surface area contributed by atoms with E-state index in [0.717, 1.165) is 74.4 Å². The van der Waals surface area contributed by atoms with Crippen LogP contribution in [0.4, 0.5) is 0 Å². The molecule has 29 heavy (non-hydrogen) atoms. The van der Waals surface area contributed by atoms with Crippen LogP contribution in [0.15, 0.2) is 48.5 Å². The maximum atomic E-state index is 8.76. The van der Waals surface area contributed by atoms with Gasteiger partial charge < -0.3 is 24.4 Å². The molecule has 0 bridgehead atoms. The maximum absolute atomic E-state index is 8.76. The standard InChI is InChI=1S/C24H34O5/c25-17-5-1-3-7-19-27-21-9-13-23(14-10-21)29-24-15-11-22(12-16-24)28-20-8-4-2-6-18-26/h9-16,25-26H,1-8,17-20H2. The zero-order valence-corrected chi connectivity index (χ0v) is 17.2. The van der Waals surface area contributed by atoms with Crippen molar-refractivity contribution in [2.75, 3.05) is 26.4 Å². The van der Waals surface area contributed by atoms with Gasteiger partial charge in [-0.05, 0) is 87.1 Å². The van der Waals surface area contributed by atoms with Crippen LogP contribution in [0.1, 0.15) is 51.4 Å². The molecule has 0 amide bonds. The molecule has 0 aromatic heterocycles. The number of rotatable bonds is 16. The molecule has 160 valence electrons. The normalized spacial score (nSPS) is 10.7. The molecular weight excluding hydrogens is 368 g/mol. The minimum atomic E-state index is 0.268. The molecule has 5 heteroatoms. The van der Waals surface area contributed by atoms with Crippen LogP contribution in [0, 0.1) is 0 Å². The molecule has 0 unspecified atom stereocenters. The number of aliphatic hydroxyl groups is 2. The van der Waals surface area contributed by atoms with Gasteiger partial charge in [-0.3, -0.25) is 0 Å². The van der Waals surface area contributed by atoms with Gasteiger partial charge in [0.15, 0.2) is 0 Å². The summed E-state index contributed by atoms with van der Waals surface area (Å²) < 4.78 is 17.3. The van der Waals surface area contributed by atoms with E-state index < -0.39 is 0 Å². The Morgan fingerprint density at radius 1 is 0.448 bits per heavy atom. The zero-order chi connectivity index (χ0) is 20.6. The Bertz CT molecular complexity index is 582. The summed E-state index contributed by atoms with van der Waals surface area (Å²) in [6.45, 7) is 1.91. The Balaban J connectivity index is 1.66. The second kappa shape index (κ2) is 14.7. The molecule has 2 rings (SSSR count). The molecule has 0 saturated heterocycles. The first-order chi connectivity index (χ1) is 14.3. The van der Waals surface area contributed by atoms with E-state index in [-0.39, 0.29) is 13.2 Å². The summed E-state index contributed by atoms with van der Waals surface area (Å²) in [5, 5.41) is 17.5. The number of aliphatic hydroxyl groups excluding tert-OH is 2. The average Bonchev–Trinajstić information content (AvgIpc) is 2.75. The molecule has 0 fully saturated rings. The van der Waals surface area contributed by atoms with Crippen LogP contribution in [0.2, 0.25) is 0 Å². The minimum Gasteiger partial charge on any atom is -0.494 e. The largest absolute Gasteiger partial charge is 0.494 e. The van der Waals surface area contributed by atoms with Crippen molar-refractivity contribution in [3.63, 3.8) is 0 Å². The molecule has 0 saturated carbocycles. The highest BCUT2D eigenvalue weighted by molar-refractivity contribution is 5.37. The van der Waals surface area contributed by atoms with Crippen molar-refractivity contribution in [2.45, 2.75) is 51.4 Å². The van der Waals surface area contributed by atoms with Crippen LogP contribution in [-0.2, 0) is 0 Å². The fourth-order valence-corrected chi connectivity index (χ4v) is 2.86. The summed E-state index contributed by atoms with van der Waals surface area (Å²) in [4.78, 5) is 0. The fraction of sp³-hybridized carbons (Fsp3) is 0.500. The number of ether oxygens (including phenoxy) is 3. The number of hydrogen-bond donors (Lipinski definition) is 2. The number of benzene rings is 2. The first-order valence-corrected chi connectivity index (χ1v) is 10.7. The summed E-state index contributed by atoms with van der Waals surface area (Å²) in [6.07, 6.45) is 7.96. The lowest BCUT2D eigenvalue weighted by molar-refractivity contribution is 0.273. The Morgan fingerprint density at radius 2 is 0.793 bits per heavy atom. The lowest BCUT2D eigenvalue weighted by Crippen LogP contribution is -1.98. The Kier molecular flexibility index (Phi) is 11.7. The molecule has 0 radical (unpaired) electrons. The smallest absolute Gasteiger partial charge is 0.127 e. The quantitative estimate of drug-likeness (QED) is 0.371. The summed E-state index contributed by atoms with van der Waals surface area (Å²) in [5.74, 6) is 3.19. The summed E-state index contributed by atoms with van der Waals surface area (Å²) >= 11 is 0. The first kappa shape index (κ1) is 23.0. The maximum Gasteiger partial charge on any atom is 0.127 e. The Morgan fingerprint density at radius 3 is 1.17 bits per heavy atom. The topological polar surface area (TPSA) is 68.2 Å². The number of hydrogen-bond acceptors (Lipinski definition) is 5. The highest BCUT2D eigenvalue weighted by atomic mass is 16.5. The second-order valence-corrected chi connectivity index (χ2v) is 7.02. The SMILES string of the molecule is OCCCCCCOc1ccc(Oc2ccc(OCCCCCCO)cc2)cc1. The van der Waals surface area contributed by atoms with Crippen molar-refractivity contribution >= 4 is 0 Å². The third-order valence-corrected chi connectivity index (χ3v) is 4.53. The third-order valence-electron chi connectivity index (χ3n) is 4.53. The van der Waals surface area contributed by atoms with E-state index >= 15 is 0 Å². The van der Waals surface area contributed by atoms with Crippen molar-refractivity contribution in [3.05, 3.63) is 48.5 Å². The lowest BCUT2D eigenvalue weighted by Gasteiger charge is -2.10. The van der Waals surface area contributed by atoms with Crippen LogP contribution in [0.25, 0.3) is 0 Å². The summed E-state index contributed by atoms with van der Waals surface area (Å²) in [7, 11) is 0. The highest BCUT2D eigenvalue weighted by Gasteiger charge is 2.01.